The van der Waals surface area contributed by atoms with Gasteiger partial charge >= 0.3 is 0 Å². The summed E-state index contributed by atoms with van der Waals surface area (Å²) >= 11 is 0. The zero-order chi connectivity index (χ0) is 32.6. The van der Waals surface area contributed by atoms with Crippen molar-refractivity contribution >= 4 is 45.6 Å². The Kier molecular flexibility index (Phi) is 6.84. The smallest absolute Gasteiger partial charge is 0.280 e. The highest BCUT2D eigenvalue weighted by molar-refractivity contribution is 5.75. The van der Waals surface area contributed by atoms with E-state index in [-0.39, 0.29) is 52.1 Å². The number of fused-ring (bicyclic) bond motifs is 2. The van der Waals surface area contributed by atoms with Gasteiger partial charge in [0, 0.05) is 6.54 Å². The van der Waals surface area contributed by atoms with Crippen LogP contribution in [0.5, 0.6) is 0 Å². The van der Waals surface area contributed by atoms with E-state index in [9.17, 15) is 39.6 Å². The maximum Gasteiger partial charge on any atom is 0.280 e. The fourth-order valence-corrected chi connectivity index (χ4v) is 5.76. The first-order chi connectivity index (χ1) is 22.0. The number of nitrogens with one attached hydrogen (secondary N) is 4. The number of hydrogen-bond acceptors (Lipinski definition) is 18. The van der Waals surface area contributed by atoms with E-state index in [1.54, 1.807) is 0 Å². The number of aromatic nitrogens is 8. The number of hydrogen-bond donors (Lipinski definition) is 10. The third-order valence-corrected chi connectivity index (χ3v) is 8.04. The largest absolute Gasteiger partial charge is 0.394 e. The molecule has 2 aliphatic rings. The van der Waals surface area contributed by atoms with E-state index in [0.29, 0.717) is 0 Å². The van der Waals surface area contributed by atoms with Gasteiger partial charge in [0.15, 0.2) is 34.8 Å². The molecule has 0 bridgehead atoms. The second-order valence-corrected chi connectivity index (χ2v) is 10.8. The Bertz CT molecular complexity index is 2170. The minimum atomic E-state index is -1.51. The lowest BCUT2D eigenvalue weighted by molar-refractivity contribution is -0.0487. The number of imidazole rings is 2. The Morgan fingerprint density at radius 3 is 1.87 bits per heavy atom. The summed E-state index contributed by atoms with van der Waals surface area (Å²) in [6, 6.07) is -1.13. The van der Waals surface area contributed by atoms with Crippen LogP contribution in [0, 0.1) is 0 Å². The maximum atomic E-state index is 12.6. The van der Waals surface area contributed by atoms with Crippen LogP contribution in [0.1, 0.15) is 12.5 Å². The van der Waals surface area contributed by atoms with Crippen molar-refractivity contribution in [3.05, 3.63) is 53.8 Å². The Labute approximate surface area is 253 Å². The summed E-state index contributed by atoms with van der Waals surface area (Å²) in [7, 11) is 0. The minimum Gasteiger partial charge on any atom is -0.394 e. The molecule has 2 saturated heterocycles. The number of nitrogens with zero attached hydrogens (tertiary/aromatic N) is 6. The second kappa shape index (κ2) is 10.7. The van der Waals surface area contributed by atoms with Crippen LogP contribution in [0.2, 0.25) is 0 Å². The molecule has 0 spiro atoms. The zero-order valence-electron chi connectivity index (χ0n) is 23.3. The molecule has 4 aromatic heterocycles. The highest BCUT2D eigenvalue weighted by Gasteiger charge is 2.47. The van der Waals surface area contributed by atoms with Gasteiger partial charge in [0.1, 0.15) is 41.9 Å². The first-order valence-electron chi connectivity index (χ1n) is 13.7. The lowest BCUT2D eigenvalue weighted by atomic mass is 10.0. The van der Waals surface area contributed by atoms with Crippen LogP contribution < -0.4 is 44.1 Å². The fraction of sp³-hybridized carbons (Fsp3) is 0.417. The zero-order valence-corrected chi connectivity index (χ0v) is 23.3. The molecular formula is C24H26N12O10. The molecule has 0 saturated carbocycles. The van der Waals surface area contributed by atoms with Gasteiger partial charge in [0.25, 0.3) is 22.0 Å². The van der Waals surface area contributed by atoms with Crippen LogP contribution in [0.25, 0.3) is 22.3 Å². The Morgan fingerprint density at radius 1 is 0.783 bits per heavy atom. The molecule has 2 aliphatic heterocycles. The summed E-state index contributed by atoms with van der Waals surface area (Å²) in [6.07, 6.45) is -6.74. The SMILES string of the molecule is Nc1nc2c(ncn2[C@@H]2O[C@H](CNc3c(NC4C(O)[C@H](n5cnc6c(=O)[nH]c(N)nc65)O[C@@H]4CO)c(=O)c3=O)C(O)C2O)c(=O)[nH]1. The van der Waals surface area contributed by atoms with Crippen molar-refractivity contribution in [1.82, 2.24) is 39.0 Å². The molecule has 0 amide bonds. The summed E-state index contributed by atoms with van der Waals surface area (Å²) in [5, 5.41) is 48.0. The van der Waals surface area contributed by atoms with Gasteiger partial charge < -0.3 is 52.0 Å². The summed E-state index contributed by atoms with van der Waals surface area (Å²) in [5.74, 6) is -0.405. The van der Waals surface area contributed by atoms with Crippen LogP contribution in [0.4, 0.5) is 23.3 Å². The van der Waals surface area contributed by atoms with Crippen LogP contribution in [-0.2, 0) is 9.47 Å². The van der Waals surface area contributed by atoms with Gasteiger partial charge in [-0.3, -0.25) is 38.3 Å². The highest BCUT2D eigenvalue weighted by Crippen LogP contribution is 2.34. The number of ether oxygens (including phenoxy) is 2. The van der Waals surface area contributed by atoms with Gasteiger partial charge in [-0.25, -0.2) is 9.97 Å². The number of anilines is 4. The summed E-state index contributed by atoms with van der Waals surface area (Å²) < 4.78 is 14.1. The maximum absolute atomic E-state index is 12.6. The highest BCUT2D eigenvalue weighted by atomic mass is 16.6. The number of rotatable bonds is 8. The van der Waals surface area contributed by atoms with Crippen molar-refractivity contribution < 1.29 is 29.9 Å². The van der Waals surface area contributed by atoms with Crippen molar-refractivity contribution in [1.29, 1.82) is 0 Å². The van der Waals surface area contributed by atoms with Gasteiger partial charge in [-0.05, 0) is 0 Å². The number of H-pyrrole nitrogens is 2. The normalized spacial score (nSPS) is 28.1. The van der Waals surface area contributed by atoms with Crippen molar-refractivity contribution in [2.24, 2.45) is 0 Å². The van der Waals surface area contributed by atoms with Gasteiger partial charge in [-0.15, -0.1) is 0 Å². The third kappa shape index (κ3) is 4.42. The quantitative estimate of drug-likeness (QED) is 0.0707. The summed E-state index contributed by atoms with van der Waals surface area (Å²) in [5.41, 5.74) is 7.65. The molecule has 5 aromatic rings. The van der Waals surface area contributed by atoms with Gasteiger partial charge in [0.05, 0.1) is 25.3 Å². The molecule has 8 atom stereocenters. The molecule has 4 unspecified atom stereocenters. The van der Waals surface area contributed by atoms with Crippen molar-refractivity contribution in [3.8, 4) is 0 Å². The van der Waals surface area contributed by atoms with Crippen LogP contribution in [0.3, 0.4) is 0 Å². The molecule has 242 valence electrons. The lowest BCUT2D eigenvalue weighted by Crippen LogP contribution is -2.46. The Balaban J connectivity index is 1.08. The molecule has 0 radical (unpaired) electrons. The summed E-state index contributed by atoms with van der Waals surface area (Å²) in [6.45, 7) is -0.877. The molecule has 1 aromatic carbocycles. The van der Waals surface area contributed by atoms with Gasteiger partial charge in [-0.2, -0.15) is 9.97 Å². The van der Waals surface area contributed by atoms with Crippen LogP contribution in [-0.4, -0.2) is 109 Å². The molecule has 22 heteroatoms. The number of aliphatic hydroxyl groups is 4. The first-order valence-corrected chi connectivity index (χ1v) is 13.7. The molecule has 12 N–H and O–H groups in total. The molecule has 0 aliphatic carbocycles. The Hall–Kier alpha value is -5.26. The standard InChI is InChI=1S/C24H26N12O10/c25-23-31-17-10(19(43)33-23)28-3-35(17)21-15(41)7(6(2-37)46-21)30-9-8(13(39)14(9)40)27-1-5-12(38)16(42)22(45-5)36-4-29-11-18(36)32-24(26)34-20(11)44/h3-7,12,15-16,21-22,27,30,37-38,41-42H,1-2H2,(H3,25,31,33,43)(H3,26,32,34,44)/t5-,6-,7?,12?,15?,16?,21-,22-/m1/s1. The molecule has 46 heavy (non-hydrogen) atoms. The molecular weight excluding hydrogens is 616 g/mol. The van der Waals surface area contributed by atoms with E-state index < -0.39 is 77.6 Å². The summed E-state index contributed by atoms with van der Waals surface area (Å²) in [4.78, 5) is 70.0. The first kappa shape index (κ1) is 29.5. The monoisotopic (exact) mass is 642 g/mol. The minimum absolute atomic E-state index is 0.00361. The molecule has 7 rings (SSSR count). The van der Waals surface area contributed by atoms with E-state index in [1.165, 1.54) is 21.8 Å². The number of aromatic amines is 2. The average Bonchev–Trinajstić information content (AvgIpc) is 3.77. The Morgan fingerprint density at radius 2 is 1.30 bits per heavy atom. The van der Waals surface area contributed by atoms with E-state index >= 15 is 0 Å². The average molecular weight is 643 g/mol. The predicted octanol–water partition coefficient (Wildman–Crippen LogP) is -5.22. The molecule has 6 heterocycles. The number of nitrogen functional groups attached to an aromatic ring is 2. The number of aliphatic hydroxyl groups excluding tert-OH is 4. The molecule has 2 fully saturated rings. The third-order valence-electron chi connectivity index (χ3n) is 8.04. The topological polar surface area (TPSA) is 337 Å². The van der Waals surface area contributed by atoms with E-state index in [0.717, 1.165) is 0 Å². The molecule has 22 nitrogen and oxygen atoms in total. The van der Waals surface area contributed by atoms with Crippen LogP contribution >= 0.6 is 0 Å². The van der Waals surface area contributed by atoms with Gasteiger partial charge in [-0.1, -0.05) is 0 Å². The number of nitrogens with two attached hydrogens (primary N) is 2. The van der Waals surface area contributed by atoms with Crippen LogP contribution in [0.15, 0.2) is 31.8 Å². The van der Waals surface area contributed by atoms with Gasteiger partial charge in [0.2, 0.25) is 11.9 Å². The van der Waals surface area contributed by atoms with Crippen molar-refractivity contribution in [2.45, 2.75) is 49.0 Å². The lowest BCUT2D eigenvalue weighted by Gasteiger charge is -2.25. The predicted molar refractivity (Wildman–Crippen MR) is 155 cm³/mol. The van der Waals surface area contributed by atoms with E-state index in [4.69, 9.17) is 20.9 Å². The van der Waals surface area contributed by atoms with E-state index in [1.807, 2.05) is 0 Å². The van der Waals surface area contributed by atoms with Crippen molar-refractivity contribution in [3.63, 3.8) is 0 Å². The fourth-order valence-electron chi connectivity index (χ4n) is 5.76. The van der Waals surface area contributed by atoms with E-state index in [2.05, 4.69) is 40.5 Å². The van der Waals surface area contributed by atoms with Crippen molar-refractivity contribution in [2.75, 3.05) is 35.3 Å². The second-order valence-electron chi connectivity index (χ2n) is 10.8.